The maximum absolute atomic E-state index is 15.1. The summed E-state index contributed by atoms with van der Waals surface area (Å²) in [5, 5.41) is 10.6. The summed E-state index contributed by atoms with van der Waals surface area (Å²) in [7, 11) is 0. The molecule has 1 atom stereocenters. The van der Waals surface area contributed by atoms with Gasteiger partial charge in [0, 0.05) is 16.7 Å². The van der Waals surface area contributed by atoms with Crippen molar-refractivity contribution in [3.05, 3.63) is 47.0 Å². The van der Waals surface area contributed by atoms with Gasteiger partial charge in [0.15, 0.2) is 23.1 Å². The van der Waals surface area contributed by atoms with Crippen molar-refractivity contribution in [1.82, 2.24) is 0 Å². The summed E-state index contributed by atoms with van der Waals surface area (Å²) in [4.78, 5) is 0. The third-order valence-corrected chi connectivity index (χ3v) is 5.91. The number of rotatable bonds is 6. The van der Waals surface area contributed by atoms with E-state index in [-0.39, 0.29) is 29.6 Å². The predicted octanol–water partition coefficient (Wildman–Crippen LogP) is 5.93. The third-order valence-electron chi connectivity index (χ3n) is 5.91. The van der Waals surface area contributed by atoms with Crippen LogP contribution in [0.2, 0.25) is 0 Å². The minimum atomic E-state index is -0.830. The lowest BCUT2D eigenvalue weighted by molar-refractivity contribution is 0.107. The number of hydrogen-bond donors (Lipinski definition) is 1. The summed E-state index contributed by atoms with van der Waals surface area (Å²) in [6.45, 7) is 2.45. The molecule has 0 aromatic heterocycles. The van der Waals surface area contributed by atoms with Gasteiger partial charge in [0.05, 0.1) is 12.7 Å². The van der Waals surface area contributed by atoms with E-state index in [2.05, 4.69) is 0 Å². The van der Waals surface area contributed by atoms with Gasteiger partial charge < -0.3 is 14.6 Å². The average Bonchev–Trinajstić information content (AvgIpc) is 3.24. The Labute approximate surface area is 164 Å². The summed E-state index contributed by atoms with van der Waals surface area (Å²) in [6, 6.07) is 6.69. The van der Waals surface area contributed by atoms with Crippen molar-refractivity contribution in [2.45, 2.75) is 58.2 Å². The molecule has 5 heteroatoms. The normalized spacial score (nSPS) is 17.0. The van der Waals surface area contributed by atoms with Crippen LogP contribution in [0.1, 0.15) is 62.7 Å². The van der Waals surface area contributed by atoms with Gasteiger partial charge in [0.2, 0.25) is 0 Å². The predicted molar refractivity (Wildman–Crippen MR) is 103 cm³/mol. The molecule has 0 saturated heterocycles. The van der Waals surface area contributed by atoms with E-state index in [4.69, 9.17) is 9.47 Å². The van der Waals surface area contributed by atoms with E-state index in [1.165, 1.54) is 0 Å². The Kier molecular flexibility index (Phi) is 5.54. The van der Waals surface area contributed by atoms with Gasteiger partial charge in [-0.25, -0.2) is 8.78 Å². The lowest BCUT2D eigenvalue weighted by Gasteiger charge is -2.25. The first-order valence-corrected chi connectivity index (χ1v) is 10.2. The highest BCUT2D eigenvalue weighted by Crippen LogP contribution is 2.45. The number of aliphatic hydroxyl groups is 1. The topological polar surface area (TPSA) is 38.7 Å². The lowest BCUT2D eigenvalue weighted by Crippen LogP contribution is -2.15. The third kappa shape index (κ3) is 3.37. The first kappa shape index (κ1) is 19.2. The van der Waals surface area contributed by atoms with Gasteiger partial charge in [0.25, 0.3) is 0 Å². The van der Waals surface area contributed by atoms with Gasteiger partial charge in [-0.2, -0.15) is 0 Å². The number of unbranched alkanes of at least 4 members (excludes halogenated alkanes) is 1. The van der Waals surface area contributed by atoms with Crippen molar-refractivity contribution in [2.75, 3.05) is 6.61 Å². The van der Waals surface area contributed by atoms with E-state index in [1.54, 1.807) is 24.3 Å². The van der Waals surface area contributed by atoms with Crippen molar-refractivity contribution in [2.24, 2.45) is 5.92 Å². The highest BCUT2D eigenvalue weighted by Gasteiger charge is 2.31. The molecule has 3 nitrogen and oxygen atoms in total. The second-order valence-electron chi connectivity index (χ2n) is 7.73. The maximum atomic E-state index is 15.1. The smallest absolute Gasteiger partial charge is 0.172 e. The van der Waals surface area contributed by atoms with Gasteiger partial charge in [-0.05, 0) is 42.9 Å². The molecule has 2 aromatic carbocycles. The molecule has 0 radical (unpaired) electrons. The molecular formula is C23H26F2O3. The standard InChI is InChI=1S/C23H26F2O3/c1-2-3-12-27-19-11-10-15-16-8-9-17(22(26)14-6-4-5-7-14)21(25)23(16)28-13-18(15)20(19)24/h8-11,14,22,26H,2-7,12-13H2,1H3. The van der Waals surface area contributed by atoms with Crippen molar-refractivity contribution in [3.63, 3.8) is 0 Å². The zero-order valence-electron chi connectivity index (χ0n) is 16.1. The Hall–Kier alpha value is -2.14. The van der Waals surface area contributed by atoms with E-state index in [0.29, 0.717) is 23.3 Å². The van der Waals surface area contributed by atoms with Crippen LogP contribution in [0, 0.1) is 17.6 Å². The quantitative estimate of drug-likeness (QED) is 0.624. The van der Waals surface area contributed by atoms with Crippen LogP contribution in [0.3, 0.4) is 0 Å². The maximum Gasteiger partial charge on any atom is 0.172 e. The largest absolute Gasteiger partial charge is 0.491 e. The molecule has 2 aromatic rings. The fourth-order valence-electron chi connectivity index (χ4n) is 4.26. The molecule has 150 valence electrons. The molecule has 0 bridgehead atoms. The fourth-order valence-corrected chi connectivity index (χ4v) is 4.26. The van der Waals surface area contributed by atoms with Crippen LogP contribution in [0.25, 0.3) is 11.1 Å². The first-order valence-electron chi connectivity index (χ1n) is 10.2. The lowest BCUT2D eigenvalue weighted by atomic mass is 9.90. The number of ether oxygens (including phenoxy) is 2. The van der Waals surface area contributed by atoms with E-state index < -0.39 is 17.7 Å². The summed E-state index contributed by atoms with van der Waals surface area (Å²) in [5.74, 6) is -0.598. The Bertz CT molecular complexity index is 859. The minimum Gasteiger partial charge on any atom is -0.491 e. The highest BCUT2D eigenvalue weighted by molar-refractivity contribution is 5.76. The number of hydrogen-bond acceptors (Lipinski definition) is 3. The van der Waals surface area contributed by atoms with Gasteiger partial charge in [-0.15, -0.1) is 0 Å². The van der Waals surface area contributed by atoms with E-state index in [0.717, 1.165) is 38.5 Å². The Balaban J connectivity index is 1.66. The molecule has 1 saturated carbocycles. The second kappa shape index (κ2) is 8.08. The molecule has 0 amide bonds. The summed E-state index contributed by atoms with van der Waals surface area (Å²) >= 11 is 0. The van der Waals surface area contributed by atoms with Crippen molar-refractivity contribution in [3.8, 4) is 22.6 Å². The van der Waals surface area contributed by atoms with Gasteiger partial charge in [-0.3, -0.25) is 0 Å². The Morgan fingerprint density at radius 1 is 1.11 bits per heavy atom. The van der Waals surface area contributed by atoms with Crippen LogP contribution in [0.5, 0.6) is 11.5 Å². The number of fused-ring (bicyclic) bond motifs is 3. The highest BCUT2D eigenvalue weighted by atomic mass is 19.1. The van der Waals surface area contributed by atoms with Gasteiger partial charge >= 0.3 is 0 Å². The molecule has 0 spiro atoms. The van der Waals surface area contributed by atoms with Crippen LogP contribution in [-0.2, 0) is 6.61 Å². The van der Waals surface area contributed by atoms with Crippen LogP contribution in [-0.4, -0.2) is 11.7 Å². The molecule has 1 N–H and O–H groups in total. The van der Waals surface area contributed by atoms with Gasteiger partial charge in [-0.1, -0.05) is 38.3 Å². The van der Waals surface area contributed by atoms with E-state index in [1.807, 2.05) is 6.92 Å². The molecule has 28 heavy (non-hydrogen) atoms. The van der Waals surface area contributed by atoms with E-state index >= 15 is 4.39 Å². The first-order chi connectivity index (χ1) is 13.6. The van der Waals surface area contributed by atoms with Crippen molar-refractivity contribution in [1.29, 1.82) is 0 Å². The van der Waals surface area contributed by atoms with Crippen LogP contribution >= 0.6 is 0 Å². The van der Waals surface area contributed by atoms with Crippen molar-refractivity contribution >= 4 is 0 Å². The minimum absolute atomic E-state index is 0.0565. The van der Waals surface area contributed by atoms with Gasteiger partial charge in [0.1, 0.15) is 6.61 Å². The monoisotopic (exact) mass is 388 g/mol. The van der Waals surface area contributed by atoms with Crippen LogP contribution in [0.15, 0.2) is 24.3 Å². The van der Waals surface area contributed by atoms with Crippen molar-refractivity contribution < 1.29 is 23.4 Å². The zero-order valence-corrected chi connectivity index (χ0v) is 16.1. The van der Waals surface area contributed by atoms with Crippen LogP contribution < -0.4 is 9.47 Å². The molecule has 1 heterocycles. The SMILES string of the molecule is CCCCOc1ccc2c(c1F)COc1c-2ccc(C(O)C2CCCC2)c1F. The van der Waals surface area contributed by atoms with E-state index in [9.17, 15) is 9.50 Å². The molecule has 1 aliphatic carbocycles. The summed E-state index contributed by atoms with van der Waals surface area (Å²) in [6.07, 6.45) is 4.95. The van der Waals surface area contributed by atoms with Crippen LogP contribution in [0.4, 0.5) is 8.78 Å². The molecule has 1 aliphatic heterocycles. The number of aliphatic hydroxyl groups excluding tert-OH is 1. The molecule has 2 aliphatic rings. The molecular weight excluding hydrogens is 362 g/mol. The molecule has 1 fully saturated rings. The second-order valence-corrected chi connectivity index (χ2v) is 7.73. The fraction of sp³-hybridized carbons (Fsp3) is 0.478. The Morgan fingerprint density at radius 2 is 1.86 bits per heavy atom. The zero-order chi connectivity index (χ0) is 19.7. The number of halogens is 2. The number of benzene rings is 2. The molecule has 1 unspecified atom stereocenters. The average molecular weight is 388 g/mol. The summed E-state index contributed by atoms with van der Waals surface area (Å²) < 4.78 is 41.1. The Morgan fingerprint density at radius 3 is 2.61 bits per heavy atom. The summed E-state index contributed by atoms with van der Waals surface area (Å²) in [5.41, 5.74) is 1.78. The molecule has 4 rings (SSSR count).